The Kier molecular flexibility index (Phi) is 19.8. The van der Waals surface area contributed by atoms with Gasteiger partial charge in [0.05, 0.1) is 35.6 Å². The van der Waals surface area contributed by atoms with Crippen molar-refractivity contribution in [1.29, 1.82) is 0 Å². The standard InChI is InChI=1S/C58H81N5O15/c1-14-40(64)74-29-75-56(72)59-26-42(66)73-25-16-15-20-41(65)77-52-31(4)18-17-19-32(5)55(71)60-48-47-46(61-58(62-47)21-23-63(24-22-58)27-30(2)3)43-44(51(48)69)50(68)39(12)53-45(43)54(70)57(13,78-53)76-28-33(6)34(7)35(8)36(9)37(10)49(67)38(52)11/h17-19,28,30-31,34-38,49,52,61,67-69H,14-16,20-27,29H2,1-13H3,(H,59,72)/b18-17+,32-19-,33-28+,60-48?/t31-,34-,35+,36+,37-,38-,49-,52-,57-/m0/s1. The molecular formula is C58H81N5O15. The van der Waals surface area contributed by atoms with Crippen LogP contribution in [0.25, 0.3) is 10.8 Å². The molecule has 0 aliphatic carbocycles. The van der Waals surface area contributed by atoms with E-state index in [1.807, 2.05) is 34.6 Å². The third kappa shape index (κ3) is 13.5. The van der Waals surface area contributed by atoms with E-state index >= 15 is 0 Å². The maximum atomic E-state index is 14.9. The topological polar surface area (TPSA) is 271 Å². The first-order chi connectivity index (χ1) is 36.7. The van der Waals surface area contributed by atoms with Crippen molar-refractivity contribution in [2.75, 3.05) is 44.9 Å². The fraction of sp³-hybridized carbons (Fsp3) is 0.621. The molecule has 1 fully saturated rings. The van der Waals surface area contributed by atoms with Gasteiger partial charge in [0.25, 0.3) is 11.7 Å². The van der Waals surface area contributed by atoms with Crippen LogP contribution in [0.1, 0.15) is 138 Å². The summed E-state index contributed by atoms with van der Waals surface area (Å²) in [4.78, 5) is 89.9. The first kappa shape index (κ1) is 60.7. The van der Waals surface area contributed by atoms with Gasteiger partial charge < -0.3 is 59.3 Å². The van der Waals surface area contributed by atoms with E-state index in [0.717, 1.165) is 12.1 Å². The molecule has 1 saturated heterocycles. The lowest BCUT2D eigenvalue weighted by Gasteiger charge is -2.38. The molecule has 0 saturated carbocycles. The number of hydrogen-bond acceptors (Lipinski definition) is 18. The number of carbonyl (C=O) groups is 6. The van der Waals surface area contributed by atoms with Gasteiger partial charge in [-0.1, -0.05) is 80.5 Å². The maximum Gasteiger partial charge on any atom is 0.410 e. The molecule has 5 N–H and O–H groups in total. The number of rotatable bonds is 13. The Labute approximate surface area is 456 Å². The molecule has 5 aliphatic rings. The van der Waals surface area contributed by atoms with Gasteiger partial charge in [0.1, 0.15) is 40.5 Å². The van der Waals surface area contributed by atoms with Gasteiger partial charge in [0.15, 0.2) is 5.75 Å². The van der Waals surface area contributed by atoms with E-state index < -0.39 is 90.3 Å². The van der Waals surface area contributed by atoms with E-state index in [1.54, 1.807) is 39.0 Å². The van der Waals surface area contributed by atoms with Crippen molar-refractivity contribution >= 4 is 52.2 Å². The number of ketones is 1. The number of phenols is 2. The molecule has 428 valence electrons. The number of Topliss-reactive ketones (excluding diaryl/α,β-unsaturated/α-hetero) is 1. The first-order valence-corrected chi connectivity index (χ1v) is 27.3. The normalized spacial score (nSPS) is 28.2. The number of phenolic OH excluding ortho intramolecular Hbond substituents is 2. The highest BCUT2D eigenvalue weighted by Gasteiger charge is 2.51. The number of aromatic hydroxyl groups is 2. The van der Waals surface area contributed by atoms with Crippen LogP contribution in [0.2, 0.25) is 0 Å². The Balaban J connectivity index is 1.32. The van der Waals surface area contributed by atoms with E-state index in [2.05, 4.69) is 57.7 Å². The zero-order chi connectivity index (χ0) is 57.6. The van der Waals surface area contributed by atoms with Gasteiger partial charge in [-0.2, -0.15) is 0 Å². The lowest BCUT2D eigenvalue weighted by Crippen LogP contribution is -2.47. The smallest absolute Gasteiger partial charge is 0.410 e. The highest BCUT2D eigenvalue weighted by atomic mass is 16.7. The molecule has 5 bridgehead atoms. The molecule has 2 amide bonds. The molecule has 20 nitrogen and oxygen atoms in total. The highest BCUT2D eigenvalue weighted by molar-refractivity contribution is 6.21. The summed E-state index contributed by atoms with van der Waals surface area (Å²) in [5, 5.41) is 42.3. The molecule has 5 aliphatic heterocycles. The summed E-state index contributed by atoms with van der Waals surface area (Å²) >= 11 is 0. The van der Waals surface area contributed by atoms with E-state index in [0.29, 0.717) is 50.4 Å². The van der Waals surface area contributed by atoms with Crippen LogP contribution < -0.4 is 26.1 Å². The Hall–Kier alpha value is -6.54. The molecule has 5 heterocycles. The Morgan fingerprint density at radius 2 is 1.58 bits per heavy atom. The van der Waals surface area contributed by atoms with Crippen LogP contribution in [0.5, 0.6) is 17.2 Å². The number of amides is 2. The molecule has 0 radical (unpaired) electrons. The fourth-order valence-electron chi connectivity index (χ4n) is 10.7. The number of hydrogen-bond donors (Lipinski definition) is 5. The zero-order valence-electron chi connectivity index (χ0n) is 47.6. The summed E-state index contributed by atoms with van der Waals surface area (Å²) in [5.74, 6) is -6.95. The molecule has 0 aromatic heterocycles. The van der Waals surface area contributed by atoms with Crippen LogP contribution in [0.4, 0.5) is 10.5 Å². The minimum atomic E-state index is -1.88. The predicted octanol–water partition coefficient (Wildman–Crippen LogP) is 7.37. The zero-order valence-corrected chi connectivity index (χ0v) is 47.6. The molecule has 0 unspecified atom stereocenters. The van der Waals surface area contributed by atoms with E-state index in [4.69, 9.17) is 23.9 Å². The van der Waals surface area contributed by atoms with Crippen LogP contribution in [0.15, 0.2) is 45.6 Å². The van der Waals surface area contributed by atoms with Crippen molar-refractivity contribution in [3.8, 4) is 17.2 Å². The molecule has 2 aromatic carbocycles. The Morgan fingerprint density at radius 3 is 2.24 bits per heavy atom. The van der Waals surface area contributed by atoms with Gasteiger partial charge in [-0.3, -0.25) is 29.0 Å². The number of esters is 3. The third-order valence-corrected chi connectivity index (χ3v) is 16.2. The van der Waals surface area contributed by atoms with Crippen LogP contribution in [0, 0.1) is 48.3 Å². The quantitative estimate of drug-likeness (QED) is 0.0431. The second kappa shape index (κ2) is 25.5. The number of benzene rings is 2. The van der Waals surface area contributed by atoms with Crippen molar-refractivity contribution in [1.82, 2.24) is 10.2 Å². The number of aliphatic hydroxyl groups is 1. The van der Waals surface area contributed by atoms with Crippen molar-refractivity contribution < 1.29 is 72.5 Å². The molecule has 78 heavy (non-hydrogen) atoms. The molecule has 2 aromatic rings. The average molecular weight is 1090 g/mol. The highest BCUT2D eigenvalue weighted by Crippen LogP contribution is 2.51. The second-order valence-electron chi connectivity index (χ2n) is 22.3. The SMILES string of the molecule is CCC(=O)OCOC(=O)NCC(=O)OCCCCC(=O)O[C@@H]1[C@@H](C)[C@@H](O)[C@@H](C)[C@H](C)[C@H](C)[C@@H](C)/C(C)=C/O[C@@]2(C)Oc3c(C)c(O)c4c(O)c(c5c(c4c3C2=O)NC2(CCN(CC(C)C)CC2)N=5)=NC(=O)/C(C)=C\C=C\[C@@H]1C. The first-order valence-electron chi connectivity index (χ1n) is 27.3. The van der Waals surface area contributed by atoms with Gasteiger partial charge in [0, 0.05) is 80.6 Å². The van der Waals surface area contributed by atoms with Gasteiger partial charge in [-0.15, -0.1) is 0 Å². The number of carbonyl (C=O) groups excluding carboxylic acids is 6. The summed E-state index contributed by atoms with van der Waals surface area (Å²) in [7, 11) is 0. The fourth-order valence-corrected chi connectivity index (χ4v) is 10.7. The van der Waals surface area contributed by atoms with E-state index in [-0.39, 0.29) is 92.8 Å². The van der Waals surface area contributed by atoms with E-state index in [1.165, 1.54) is 13.2 Å². The Morgan fingerprint density at radius 1 is 0.885 bits per heavy atom. The molecular weight excluding hydrogens is 1010 g/mol. The average Bonchev–Trinajstić information content (AvgIpc) is 4.15. The van der Waals surface area contributed by atoms with Crippen molar-refractivity contribution in [3.05, 3.63) is 57.5 Å². The van der Waals surface area contributed by atoms with Crippen LogP contribution in [0.3, 0.4) is 0 Å². The summed E-state index contributed by atoms with van der Waals surface area (Å²) < 4.78 is 33.4. The molecule has 20 heteroatoms. The van der Waals surface area contributed by atoms with Crippen molar-refractivity contribution in [3.63, 3.8) is 0 Å². The van der Waals surface area contributed by atoms with Gasteiger partial charge >= 0.3 is 29.8 Å². The van der Waals surface area contributed by atoms with Crippen LogP contribution in [-0.4, -0.2) is 119 Å². The van der Waals surface area contributed by atoms with E-state index in [9.17, 15) is 44.1 Å². The third-order valence-electron chi connectivity index (χ3n) is 16.2. The number of anilines is 1. The molecule has 7 rings (SSSR count). The largest absolute Gasteiger partial charge is 0.507 e. The summed E-state index contributed by atoms with van der Waals surface area (Å²) in [6.45, 7) is 25.5. The number of ether oxygens (including phenoxy) is 6. The summed E-state index contributed by atoms with van der Waals surface area (Å²) in [6, 6.07) is 0. The van der Waals surface area contributed by atoms with Gasteiger partial charge in [-0.25, -0.2) is 9.79 Å². The van der Waals surface area contributed by atoms with Gasteiger partial charge in [0.2, 0.25) is 6.79 Å². The lowest BCUT2D eigenvalue weighted by atomic mass is 9.71. The number of allylic oxidation sites excluding steroid dienone is 3. The molecule has 1 spiro atoms. The van der Waals surface area contributed by atoms with Crippen LogP contribution >= 0.6 is 0 Å². The minimum Gasteiger partial charge on any atom is -0.507 e. The lowest BCUT2D eigenvalue weighted by molar-refractivity contribution is -0.158. The minimum absolute atomic E-state index is 0.0299. The van der Waals surface area contributed by atoms with Crippen molar-refractivity contribution in [2.24, 2.45) is 51.4 Å². The van der Waals surface area contributed by atoms with Gasteiger partial charge in [-0.05, 0) is 68.8 Å². The number of piperidine rings is 1. The summed E-state index contributed by atoms with van der Waals surface area (Å²) in [6.07, 6.45) is 5.57. The monoisotopic (exact) mass is 1090 g/mol. The number of aliphatic hydroxyl groups excluding tert-OH is 1. The van der Waals surface area contributed by atoms with Crippen LogP contribution in [-0.2, 0) is 42.9 Å². The predicted molar refractivity (Wildman–Crippen MR) is 289 cm³/mol. The number of fused-ring (bicyclic) bond motifs is 13. The number of nitrogens with zero attached hydrogens (tertiary/aromatic N) is 3. The number of alkyl carbamates (subject to hydrolysis) is 1. The number of nitrogens with one attached hydrogen (secondary N) is 2. The summed E-state index contributed by atoms with van der Waals surface area (Å²) in [5.41, 5.74) is 0.713. The number of likely N-dealkylation sites (tertiary alicyclic amines) is 1. The molecule has 9 atom stereocenters. The second-order valence-corrected chi connectivity index (χ2v) is 22.3. The Bertz CT molecular complexity index is 2850. The number of unbranched alkanes of at least 4 members (excludes halogenated alkanes) is 1. The maximum absolute atomic E-state index is 14.9. The van der Waals surface area contributed by atoms with Crippen molar-refractivity contribution in [2.45, 2.75) is 152 Å².